The molecule has 0 atom stereocenters. The number of pyridine rings is 1. The fraction of sp³-hybridized carbons (Fsp3) is 0.100. The maximum Gasteiger partial charge on any atom is 0.262 e. The Kier molecular flexibility index (Phi) is 3.70. The van der Waals surface area contributed by atoms with Crippen LogP contribution in [0.4, 0.5) is 5.13 Å². The number of amides is 1. The van der Waals surface area contributed by atoms with E-state index in [0.717, 1.165) is 3.79 Å². The lowest BCUT2D eigenvalue weighted by Crippen LogP contribution is -2.13. The summed E-state index contributed by atoms with van der Waals surface area (Å²) >= 11 is 4.61. The number of halogens is 1. The molecule has 1 amide bonds. The molecule has 2 rings (SSSR count). The Bertz CT molecular complexity index is 544. The smallest absolute Gasteiger partial charge is 0.262 e. The zero-order chi connectivity index (χ0) is 12.3. The molecule has 2 aromatic rings. The van der Waals surface area contributed by atoms with Gasteiger partial charge >= 0.3 is 0 Å². The predicted octanol–water partition coefficient (Wildman–Crippen LogP) is 2.56. The van der Waals surface area contributed by atoms with Crippen LogP contribution in [0, 0.1) is 0 Å². The molecule has 88 valence electrons. The van der Waals surface area contributed by atoms with E-state index in [1.807, 2.05) is 0 Å². The average Bonchev–Trinajstić information content (AvgIpc) is 2.74. The van der Waals surface area contributed by atoms with Gasteiger partial charge < -0.3 is 4.74 Å². The van der Waals surface area contributed by atoms with Gasteiger partial charge in [-0.3, -0.25) is 10.1 Å². The summed E-state index contributed by atoms with van der Waals surface area (Å²) in [5.74, 6) is -0.00239. The summed E-state index contributed by atoms with van der Waals surface area (Å²) in [7, 11) is 1.47. The van der Waals surface area contributed by atoms with E-state index < -0.39 is 0 Å². The van der Waals surface area contributed by atoms with Crippen molar-refractivity contribution >= 4 is 38.3 Å². The molecular formula is C10H8BrN3O2S. The van der Waals surface area contributed by atoms with Crippen molar-refractivity contribution in [2.75, 3.05) is 12.4 Å². The summed E-state index contributed by atoms with van der Waals surface area (Å²) < 4.78 is 5.86. The average molecular weight is 314 g/mol. The number of ether oxygens (including phenoxy) is 1. The molecule has 0 radical (unpaired) electrons. The van der Waals surface area contributed by atoms with Gasteiger partial charge in [-0.25, -0.2) is 9.97 Å². The minimum absolute atomic E-state index is 0.292. The largest absolute Gasteiger partial charge is 0.480 e. The van der Waals surface area contributed by atoms with E-state index in [9.17, 15) is 4.79 Å². The second kappa shape index (κ2) is 5.24. The SMILES string of the molecule is COc1ncccc1C(=O)Nc1ncc(Br)s1. The summed E-state index contributed by atoms with van der Waals surface area (Å²) in [5, 5.41) is 3.19. The monoisotopic (exact) mass is 313 g/mol. The highest BCUT2D eigenvalue weighted by molar-refractivity contribution is 9.11. The molecule has 2 heterocycles. The number of nitrogens with zero attached hydrogens (tertiary/aromatic N) is 2. The van der Waals surface area contributed by atoms with Gasteiger partial charge in [0.1, 0.15) is 5.56 Å². The van der Waals surface area contributed by atoms with Gasteiger partial charge in [0.05, 0.1) is 17.1 Å². The first-order chi connectivity index (χ1) is 8.20. The van der Waals surface area contributed by atoms with Gasteiger partial charge in [-0.05, 0) is 28.1 Å². The van der Waals surface area contributed by atoms with E-state index in [0.29, 0.717) is 16.6 Å². The number of hydrogen-bond donors (Lipinski definition) is 1. The Morgan fingerprint density at radius 2 is 2.35 bits per heavy atom. The van der Waals surface area contributed by atoms with E-state index >= 15 is 0 Å². The van der Waals surface area contributed by atoms with Crippen molar-refractivity contribution < 1.29 is 9.53 Å². The molecule has 0 unspecified atom stereocenters. The number of methoxy groups -OCH3 is 1. The van der Waals surface area contributed by atoms with Crippen LogP contribution in [0.15, 0.2) is 28.3 Å². The summed E-state index contributed by atoms with van der Waals surface area (Å²) in [4.78, 5) is 19.9. The molecule has 0 fully saturated rings. The van der Waals surface area contributed by atoms with Crippen LogP contribution in [0.5, 0.6) is 5.88 Å². The fourth-order valence-corrected chi connectivity index (χ4v) is 2.30. The summed E-state index contributed by atoms with van der Waals surface area (Å²) in [6.45, 7) is 0. The van der Waals surface area contributed by atoms with Crippen molar-refractivity contribution in [3.8, 4) is 5.88 Å². The van der Waals surface area contributed by atoms with Crippen LogP contribution in [0.2, 0.25) is 0 Å². The topological polar surface area (TPSA) is 64.1 Å². The third-order valence-electron chi connectivity index (χ3n) is 1.91. The van der Waals surface area contributed by atoms with Crippen LogP contribution >= 0.6 is 27.3 Å². The number of thiazole rings is 1. The van der Waals surface area contributed by atoms with Crippen LogP contribution in [0.25, 0.3) is 0 Å². The Labute approximate surface area is 110 Å². The molecule has 1 N–H and O–H groups in total. The van der Waals surface area contributed by atoms with E-state index in [1.54, 1.807) is 24.5 Å². The van der Waals surface area contributed by atoms with Crippen molar-refractivity contribution in [1.29, 1.82) is 0 Å². The standard InChI is InChI=1S/C10H8BrN3O2S/c1-16-9-6(3-2-4-12-9)8(15)14-10-13-5-7(11)17-10/h2-5H,1H3,(H,13,14,15). The summed E-state index contributed by atoms with van der Waals surface area (Å²) in [6, 6.07) is 3.32. The van der Waals surface area contributed by atoms with Gasteiger partial charge in [0.25, 0.3) is 5.91 Å². The number of carbonyl (C=O) groups is 1. The molecule has 5 nitrogen and oxygen atoms in total. The predicted molar refractivity (Wildman–Crippen MR) is 68.6 cm³/mol. The van der Waals surface area contributed by atoms with Crippen LogP contribution in [-0.2, 0) is 0 Å². The van der Waals surface area contributed by atoms with Gasteiger partial charge in [-0.15, -0.1) is 0 Å². The van der Waals surface area contributed by atoms with Gasteiger partial charge in [0.2, 0.25) is 5.88 Å². The lowest BCUT2D eigenvalue weighted by molar-refractivity contribution is 0.102. The van der Waals surface area contributed by atoms with Crippen molar-refractivity contribution in [2.45, 2.75) is 0 Å². The second-order valence-corrected chi connectivity index (χ2v) is 5.39. The molecule has 0 spiro atoms. The first-order valence-electron chi connectivity index (χ1n) is 4.62. The summed E-state index contributed by atoms with van der Waals surface area (Å²) in [5.41, 5.74) is 0.376. The van der Waals surface area contributed by atoms with Crippen molar-refractivity contribution in [3.05, 3.63) is 33.9 Å². The van der Waals surface area contributed by atoms with E-state index in [1.165, 1.54) is 18.4 Å². The van der Waals surface area contributed by atoms with E-state index in [2.05, 4.69) is 31.2 Å². The van der Waals surface area contributed by atoms with Gasteiger partial charge in [-0.1, -0.05) is 11.3 Å². The minimum Gasteiger partial charge on any atom is -0.480 e. The molecule has 17 heavy (non-hydrogen) atoms. The zero-order valence-electron chi connectivity index (χ0n) is 8.81. The lowest BCUT2D eigenvalue weighted by atomic mass is 10.2. The van der Waals surface area contributed by atoms with Crippen LogP contribution in [0.3, 0.4) is 0 Å². The number of rotatable bonds is 3. The van der Waals surface area contributed by atoms with E-state index in [-0.39, 0.29) is 5.91 Å². The maximum atomic E-state index is 11.9. The van der Waals surface area contributed by atoms with Crippen LogP contribution < -0.4 is 10.1 Å². The van der Waals surface area contributed by atoms with Crippen LogP contribution in [-0.4, -0.2) is 23.0 Å². The second-order valence-electron chi connectivity index (χ2n) is 2.98. The molecule has 0 bridgehead atoms. The molecule has 0 aliphatic heterocycles. The number of anilines is 1. The van der Waals surface area contributed by atoms with Gasteiger partial charge in [-0.2, -0.15) is 0 Å². The van der Waals surface area contributed by atoms with Crippen LogP contribution in [0.1, 0.15) is 10.4 Å². The number of nitrogens with one attached hydrogen (secondary N) is 1. The first kappa shape index (κ1) is 12.0. The number of aromatic nitrogens is 2. The van der Waals surface area contributed by atoms with Gasteiger partial charge in [0, 0.05) is 6.20 Å². The quantitative estimate of drug-likeness (QED) is 0.946. The Balaban J connectivity index is 2.20. The van der Waals surface area contributed by atoms with E-state index in [4.69, 9.17) is 4.74 Å². The third kappa shape index (κ3) is 2.80. The Morgan fingerprint density at radius 1 is 1.53 bits per heavy atom. The Morgan fingerprint density at radius 3 is 3.00 bits per heavy atom. The number of hydrogen-bond acceptors (Lipinski definition) is 5. The molecule has 0 saturated carbocycles. The molecule has 7 heteroatoms. The highest BCUT2D eigenvalue weighted by atomic mass is 79.9. The molecule has 0 aliphatic carbocycles. The molecular weight excluding hydrogens is 306 g/mol. The normalized spacial score (nSPS) is 10.0. The lowest BCUT2D eigenvalue weighted by Gasteiger charge is -2.05. The van der Waals surface area contributed by atoms with Gasteiger partial charge in [0.15, 0.2) is 5.13 Å². The molecule has 0 saturated heterocycles. The highest BCUT2D eigenvalue weighted by Crippen LogP contribution is 2.24. The molecule has 2 aromatic heterocycles. The third-order valence-corrected chi connectivity index (χ3v) is 3.30. The molecule has 0 aliphatic rings. The van der Waals surface area contributed by atoms with Crippen molar-refractivity contribution in [1.82, 2.24) is 9.97 Å². The summed E-state index contributed by atoms with van der Waals surface area (Å²) in [6.07, 6.45) is 3.19. The Hall–Kier alpha value is -1.47. The highest BCUT2D eigenvalue weighted by Gasteiger charge is 2.14. The zero-order valence-corrected chi connectivity index (χ0v) is 11.2. The fourth-order valence-electron chi connectivity index (χ4n) is 1.20. The molecule has 0 aromatic carbocycles. The van der Waals surface area contributed by atoms with Crippen molar-refractivity contribution in [2.24, 2.45) is 0 Å². The maximum absolute atomic E-state index is 11.9. The first-order valence-corrected chi connectivity index (χ1v) is 6.23. The minimum atomic E-state index is -0.295. The number of carbonyl (C=O) groups excluding carboxylic acids is 1. The van der Waals surface area contributed by atoms with Crippen molar-refractivity contribution in [3.63, 3.8) is 0 Å².